The van der Waals surface area contributed by atoms with Gasteiger partial charge in [-0.3, -0.25) is 0 Å². The topological polar surface area (TPSA) is 8.17 Å². The summed E-state index contributed by atoms with van der Waals surface area (Å²) in [6.45, 7) is 0. The van der Waals surface area contributed by atoms with Gasteiger partial charge < -0.3 is 9.47 Å². The van der Waals surface area contributed by atoms with Crippen molar-refractivity contribution in [2.45, 2.75) is 0 Å². The van der Waals surface area contributed by atoms with Crippen molar-refractivity contribution in [2.24, 2.45) is 0 Å². The van der Waals surface area contributed by atoms with Gasteiger partial charge in [0.15, 0.2) is 0 Å². The second-order valence-electron chi connectivity index (χ2n) is 16.0. The van der Waals surface area contributed by atoms with Gasteiger partial charge in [0, 0.05) is 42.2 Å². The van der Waals surface area contributed by atoms with E-state index in [-0.39, 0.29) is 0 Å². The molecule has 0 N–H and O–H groups in total. The molecule has 0 bridgehead atoms. The fourth-order valence-corrected chi connectivity index (χ4v) is 10.9. The van der Waals surface area contributed by atoms with E-state index in [1.165, 1.54) is 80.9 Å². The lowest BCUT2D eigenvalue weighted by Gasteiger charge is -2.31. The highest BCUT2D eigenvalue weighted by molar-refractivity contribution is 7.26. The van der Waals surface area contributed by atoms with Crippen LogP contribution in [0.1, 0.15) is 0 Å². The van der Waals surface area contributed by atoms with Crippen LogP contribution in [0.2, 0.25) is 0 Å². The first-order valence-electron chi connectivity index (χ1n) is 21.5. The summed E-state index contributed by atoms with van der Waals surface area (Å²) in [7, 11) is 0. The monoisotopic (exact) mass is 820 g/mol. The van der Waals surface area contributed by atoms with Crippen molar-refractivity contribution in [2.75, 3.05) is 4.90 Å². The molecule has 2 heterocycles. The lowest BCUT2D eigenvalue weighted by Crippen LogP contribution is -2.14. The van der Waals surface area contributed by atoms with Gasteiger partial charge in [-0.25, -0.2) is 0 Å². The van der Waals surface area contributed by atoms with Crippen LogP contribution in [0.15, 0.2) is 243 Å². The first kappa shape index (κ1) is 36.8. The first-order valence-corrected chi connectivity index (χ1v) is 22.3. The SMILES string of the molecule is c1ccc(-c2ccccc2-c2ccccc2-c2ccccc2N(c2ccc(-c3cccc4c3sc3ccccc34)cc2)c2ccccc2-n2c3ccccc3c3ccccc32)cc1. The molecule has 2 nitrogen and oxygen atoms in total. The van der Waals surface area contributed by atoms with Crippen LogP contribution in [-0.2, 0) is 0 Å². The molecule has 0 radical (unpaired) electrons. The van der Waals surface area contributed by atoms with Crippen molar-refractivity contribution >= 4 is 70.4 Å². The summed E-state index contributed by atoms with van der Waals surface area (Å²) in [4.78, 5) is 2.47. The Hall–Kier alpha value is -7.98. The van der Waals surface area contributed by atoms with Gasteiger partial charge in [-0.2, -0.15) is 0 Å². The van der Waals surface area contributed by atoms with Gasteiger partial charge in [-0.15, -0.1) is 11.3 Å². The van der Waals surface area contributed by atoms with Crippen molar-refractivity contribution in [1.82, 2.24) is 4.57 Å². The van der Waals surface area contributed by atoms with Gasteiger partial charge in [0.2, 0.25) is 0 Å². The number of anilines is 3. The zero-order chi connectivity index (χ0) is 41.7. The quantitative estimate of drug-likeness (QED) is 0.148. The molecule has 3 heteroatoms. The van der Waals surface area contributed by atoms with Gasteiger partial charge in [0.25, 0.3) is 0 Å². The van der Waals surface area contributed by atoms with Crippen LogP contribution < -0.4 is 4.90 Å². The van der Waals surface area contributed by atoms with Gasteiger partial charge in [0.1, 0.15) is 0 Å². The number of rotatable bonds is 8. The fourth-order valence-electron chi connectivity index (χ4n) is 9.63. The Balaban J connectivity index is 1.09. The molecule has 0 spiro atoms. The molecular weight excluding hydrogens is 781 g/mol. The zero-order valence-electron chi connectivity index (χ0n) is 34.4. The molecule has 2 aromatic heterocycles. The number of benzene rings is 10. The molecule has 0 saturated carbocycles. The minimum absolute atomic E-state index is 1.07. The van der Waals surface area contributed by atoms with E-state index in [2.05, 4.69) is 252 Å². The van der Waals surface area contributed by atoms with Crippen LogP contribution >= 0.6 is 11.3 Å². The van der Waals surface area contributed by atoms with E-state index in [9.17, 15) is 0 Å². The molecule has 10 aromatic carbocycles. The molecule has 0 aliphatic carbocycles. The highest BCUT2D eigenvalue weighted by Crippen LogP contribution is 2.48. The van der Waals surface area contributed by atoms with Crippen molar-refractivity contribution < 1.29 is 0 Å². The second-order valence-corrected chi connectivity index (χ2v) is 17.0. The molecule has 0 aliphatic heterocycles. The number of para-hydroxylation sites is 5. The highest BCUT2D eigenvalue weighted by atomic mass is 32.1. The number of hydrogen-bond acceptors (Lipinski definition) is 2. The summed E-state index contributed by atoms with van der Waals surface area (Å²) >= 11 is 1.87. The summed E-state index contributed by atoms with van der Waals surface area (Å²) in [5, 5.41) is 5.09. The molecule has 296 valence electrons. The van der Waals surface area contributed by atoms with Crippen LogP contribution in [0.3, 0.4) is 0 Å². The number of hydrogen-bond donors (Lipinski definition) is 0. The van der Waals surface area contributed by atoms with E-state index in [4.69, 9.17) is 0 Å². The van der Waals surface area contributed by atoms with Crippen molar-refractivity contribution in [3.05, 3.63) is 243 Å². The molecule has 12 rings (SSSR count). The van der Waals surface area contributed by atoms with Gasteiger partial charge in [0.05, 0.1) is 28.1 Å². The Morgan fingerprint density at radius 3 is 1.49 bits per heavy atom. The number of nitrogens with zero attached hydrogens (tertiary/aromatic N) is 2. The Morgan fingerprint density at radius 1 is 0.302 bits per heavy atom. The van der Waals surface area contributed by atoms with Crippen LogP contribution in [0.25, 0.3) is 92.2 Å². The maximum atomic E-state index is 2.47. The van der Waals surface area contributed by atoms with Crippen molar-refractivity contribution in [3.63, 3.8) is 0 Å². The summed E-state index contributed by atoms with van der Waals surface area (Å²) in [6, 6.07) is 88.4. The third kappa shape index (κ3) is 6.24. The van der Waals surface area contributed by atoms with Crippen LogP contribution in [-0.4, -0.2) is 4.57 Å². The minimum atomic E-state index is 1.07. The van der Waals surface area contributed by atoms with Gasteiger partial charge in [-0.05, 0) is 87.5 Å². The molecule has 63 heavy (non-hydrogen) atoms. The molecule has 0 atom stereocenters. The normalized spacial score (nSPS) is 11.5. The van der Waals surface area contributed by atoms with Crippen LogP contribution in [0.5, 0.6) is 0 Å². The third-order valence-electron chi connectivity index (χ3n) is 12.4. The molecule has 12 aromatic rings. The summed E-state index contributed by atoms with van der Waals surface area (Å²) < 4.78 is 5.07. The maximum absolute atomic E-state index is 2.47. The maximum Gasteiger partial charge on any atom is 0.0702 e. The lowest BCUT2D eigenvalue weighted by atomic mass is 9.88. The highest BCUT2D eigenvalue weighted by Gasteiger charge is 2.24. The Bertz CT molecular complexity index is 3580. The van der Waals surface area contributed by atoms with E-state index >= 15 is 0 Å². The molecule has 0 unspecified atom stereocenters. The molecule has 0 saturated heterocycles. The van der Waals surface area contributed by atoms with Crippen LogP contribution in [0.4, 0.5) is 17.1 Å². The lowest BCUT2D eigenvalue weighted by molar-refractivity contribution is 1.15. The predicted octanol–water partition coefficient (Wildman–Crippen LogP) is 17.3. The summed E-state index contributed by atoms with van der Waals surface area (Å²) in [5.41, 5.74) is 16.3. The summed E-state index contributed by atoms with van der Waals surface area (Å²) in [6.07, 6.45) is 0. The van der Waals surface area contributed by atoms with E-state index < -0.39 is 0 Å². The predicted molar refractivity (Wildman–Crippen MR) is 270 cm³/mol. The van der Waals surface area contributed by atoms with Crippen molar-refractivity contribution in [1.29, 1.82) is 0 Å². The van der Waals surface area contributed by atoms with E-state index in [1.807, 2.05) is 11.3 Å². The van der Waals surface area contributed by atoms with E-state index in [0.717, 1.165) is 28.3 Å². The molecule has 0 amide bonds. The summed E-state index contributed by atoms with van der Waals surface area (Å²) in [5.74, 6) is 0. The fraction of sp³-hybridized carbons (Fsp3) is 0. The minimum Gasteiger partial charge on any atom is -0.308 e. The molecular formula is C60H40N2S. The Kier molecular flexibility index (Phi) is 9.06. The van der Waals surface area contributed by atoms with Gasteiger partial charge >= 0.3 is 0 Å². The average Bonchev–Trinajstić information content (AvgIpc) is 3.91. The zero-order valence-corrected chi connectivity index (χ0v) is 35.2. The standard InChI is InChI=1S/C60H40N2S/c1-2-19-41(20-3-1)44-21-4-5-22-46(44)47-23-6-7-24-48(47)49-25-8-12-31-54(49)61(43-39-37-42(38-40-43)45-29-18-30-53-52-28-11-17-36-59(52)63-60(45)53)57-34-15-16-35-58(57)62-55-32-13-9-26-50(55)51-27-10-14-33-56(51)62/h1-40H. The van der Waals surface area contributed by atoms with Crippen molar-refractivity contribution in [3.8, 4) is 50.2 Å². The Labute approximate surface area is 370 Å². The Morgan fingerprint density at radius 2 is 0.778 bits per heavy atom. The molecule has 0 aliphatic rings. The van der Waals surface area contributed by atoms with Crippen LogP contribution in [0, 0.1) is 0 Å². The van der Waals surface area contributed by atoms with E-state index in [1.54, 1.807) is 0 Å². The number of fused-ring (bicyclic) bond motifs is 6. The molecule has 0 fully saturated rings. The largest absolute Gasteiger partial charge is 0.308 e. The number of thiophene rings is 1. The number of aromatic nitrogens is 1. The second kappa shape index (κ2) is 15.5. The average molecular weight is 821 g/mol. The van der Waals surface area contributed by atoms with E-state index in [0.29, 0.717) is 0 Å². The third-order valence-corrected chi connectivity index (χ3v) is 13.7. The smallest absolute Gasteiger partial charge is 0.0702 e. The first-order chi connectivity index (χ1) is 31.3. The van der Waals surface area contributed by atoms with Gasteiger partial charge in [-0.1, -0.05) is 194 Å².